The molecule has 0 amide bonds. The molecule has 0 bridgehead atoms. The third kappa shape index (κ3) is 6.07. The van der Waals surface area contributed by atoms with E-state index >= 15 is 0 Å². The van der Waals surface area contributed by atoms with Crippen LogP contribution >= 0.6 is 0 Å². The predicted octanol–water partition coefficient (Wildman–Crippen LogP) is 11.6. The van der Waals surface area contributed by atoms with E-state index in [1.165, 1.54) is 39.6 Å². The Balaban J connectivity index is 1.40. The third-order valence-electron chi connectivity index (χ3n) is 9.98. The Morgan fingerprint density at radius 2 is 0.981 bits per heavy atom. The fourth-order valence-corrected chi connectivity index (χ4v) is 7.58. The first-order chi connectivity index (χ1) is 25.6. The van der Waals surface area contributed by atoms with Gasteiger partial charge in [0.25, 0.3) is 0 Å². The standard InChI is InChI=1S/C49H37N3/c1-2-35(11-9-30-50)37-17-21-39(22-18-37)41-25-27-47-45(33-41)46-34-42(40-23-19-38(20-24-40)36(29-32-52)12-10-31-51)26-28-48(46)49(47,43-13-5-3-6-14-43)44-15-7-4-8-16-44/h2-8,11-29,32-34H,1,9-10,52H2/b32-29-,35-11+,36-12+. The molecule has 0 saturated carbocycles. The molecule has 0 heterocycles. The van der Waals surface area contributed by atoms with Crippen molar-refractivity contribution in [2.24, 2.45) is 5.73 Å². The summed E-state index contributed by atoms with van der Waals surface area (Å²) in [5.41, 5.74) is 21.0. The van der Waals surface area contributed by atoms with Crippen LogP contribution in [0.5, 0.6) is 0 Å². The van der Waals surface area contributed by atoms with Crippen LogP contribution in [0.2, 0.25) is 0 Å². The van der Waals surface area contributed by atoms with Crippen LogP contribution in [0.4, 0.5) is 0 Å². The molecule has 0 unspecified atom stereocenters. The number of benzene rings is 6. The molecule has 0 aromatic heterocycles. The van der Waals surface area contributed by atoms with Crippen LogP contribution in [0.1, 0.15) is 46.2 Å². The lowest BCUT2D eigenvalue weighted by atomic mass is 9.67. The molecule has 0 fully saturated rings. The highest BCUT2D eigenvalue weighted by atomic mass is 14.5. The van der Waals surface area contributed by atoms with Crippen LogP contribution in [-0.2, 0) is 5.41 Å². The van der Waals surface area contributed by atoms with Crippen molar-refractivity contribution in [3.05, 3.63) is 216 Å². The summed E-state index contributed by atoms with van der Waals surface area (Å²) in [5, 5.41) is 18.2. The zero-order chi connectivity index (χ0) is 35.9. The molecule has 52 heavy (non-hydrogen) atoms. The maximum absolute atomic E-state index is 9.14. The number of allylic oxidation sites excluding steroid dienone is 6. The van der Waals surface area contributed by atoms with E-state index in [-0.39, 0.29) is 0 Å². The van der Waals surface area contributed by atoms with Crippen molar-refractivity contribution in [2.75, 3.05) is 0 Å². The molecule has 7 rings (SSSR count). The number of nitriles is 2. The van der Waals surface area contributed by atoms with Gasteiger partial charge in [0, 0.05) is 0 Å². The highest BCUT2D eigenvalue weighted by Gasteiger charge is 2.46. The van der Waals surface area contributed by atoms with Crippen molar-refractivity contribution in [1.29, 1.82) is 10.5 Å². The van der Waals surface area contributed by atoms with Crippen molar-refractivity contribution in [1.82, 2.24) is 0 Å². The summed E-state index contributed by atoms with van der Waals surface area (Å²) in [6.07, 6.45) is 9.61. The Kier molecular flexibility index (Phi) is 9.61. The molecular formula is C49H37N3. The Hall–Kier alpha value is -6.94. The summed E-state index contributed by atoms with van der Waals surface area (Å²) >= 11 is 0. The largest absolute Gasteiger partial charge is 0.405 e. The van der Waals surface area contributed by atoms with Gasteiger partial charge in [-0.3, -0.25) is 0 Å². The van der Waals surface area contributed by atoms with Crippen LogP contribution < -0.4 is 5.73 Å². The monoisotopic (exact) mass is 667 g/mol. The van der Waals surface area contributed by atoms with Crippen LogP contribution in [0, 0.1) is 22.7 Å². The molecule has 0 atom stereocenters. The van der Waals surface area contributed by atoms with Gasteiger partial charge in [0.1, 0.15) is 0 Å². The smallest absolute Gasteiger partial charge is 0.0713 e. The molecule has 1 aliphatic carbocycles. The van der Waals surface area contributed by atoms with E-state index in [1.807, 2.05) is 18.2 Å². The lowest BCUT2D eigenvalue weighted by Crippen LogP contribution is -2.28. The second-order valence-electron chi connectivity index (χ2n) is 12.8. The van der Waals surface area contributed by atoms with Crippen molar-refractivity contribution >= 4 is 11.1 Å². The van der Waals surface area contributed by atoms with Gasteiger partial charge in [0.2, 0.25) is 0 Å². The third-order valence-corrected chi connectivity index (χ3v) is 9.98. The number of hydrogen-bond donors (Lipinski definition) is 1. The molecule has 248 valence electrons. The summed E-state index contributed by atoms with van der Waals surface area (Å²) in [4.78, 5) is 0. The molecule has 1 aliphatic rings. The van der Waals surface area contributed by atoms with Gasteiger partial charge in [-0.05, 0) is 102 Å². The number of nitrogens with two attached hydrogens (primary N) is 1. The molecule has 0 saturated heterocycles. The maximum Gasteiger partial charge on any atom is 0.0713 e. The number of fused-ring (bicyclic) bond motifs is 3. The molecule has 0 spiro atoms. The highest BCUT2D eigenvalue weighted by Crippen LogP contribution is 2.57. The first-order valence-corrected chi connectivity index (χ1v) is 17.4. The molecule has 2 N–H and O–H groups in total. The summed E-state index contributed by atoms with van der Waals surface area (Å²) in [5.74, 6) is 0. The Labute approximate surface area is 306 Å². The molecular weight excluding hydrogens is 631 g/mol. The van der Waals surface area contributed by atoms with Crippen LogP contribution in [0.15, 0.2) is 183 Å². The lowest BCUT2D eigenvalue weighted by Gasteiger charge is -2.34. The molecule has 3 nitrogen and oxygen atoms in total. The lowest BCUT2D eigenvalue weighted by molar-refractivity contribution is 0.768. The Morgan fingerprint density at radius 1 is 0.558 bits per heavy atom. The van der Waals surface area contributed by atoms with E-state index in [4.69, 9.17) is 16.3 Å². The minimum absolute atomic E-state index is 0.317. The zero-order valence-corrected chi connectivity index (χ0v) is 28.8. The average Bonchev–Trinajstić information content (AvgIpc) is 3.50. The molecule has 0 aliphatic heterocycles. The van der Waals surface area contributed by atoms with Crippen molar-refractivity contribution in [2.45, 2.75) is 18.3 Å². The van der Waals surface area contributed by atoms with Crippen LogP contribution in [0.3, 0.4) is 0 Å². The van der Waals surface area contributed by atoms with Crippen molar-refractivity contribution in [3.63, 3.8) is 0 Å². The molecule has 6 aromatic rings. The van der Waals surface area contributed by atoms with E-state index < -0.39 is 5.41 Å². The van der Waals surface area contributed by atoms with E-state index in [2.05, 4.69) is 164 Å². The van der Waals surface area contributed by atoms with Gasteiger partial charge in [0.15, 0.2) is 0 Å². The molecule has 0 radical (unpaired) electrons. The first-order valence-electron chi connectivity index (χ1n) is 17.4. The summed E-state index contributed by atoms with van der Waals surface area (Å²) in [7, 11) is 0. The predicted molar refractivity (Wildman–Crippen MR) is 215 cm³/mol. The van der Waals surface area contributed by atoms with E-state index in [0.29, 0.717) is 12.8 Å². The van der Waals surface area contributed by atoms with E-state index in [1.54, 1.807) is 6.08 Å². The Morgan fingerprint density at radius 3 is 1.40 bits per heavy atom. The van der Waals surface area contributed by atoms with Crippen LogP contribution in [-0.4, -0.2) is 0 Å². The maximum atomic E-state index is 9.14. The summed E-state index contributed by atoms with van der Waals surface area (Å²) in [6.45, 7) is 3.96. The quantitative estimate of drug-likeness (QED) is 0.148. The van der Waals surface area contributed by atoms with E-state index in [0.717, 1.165) is 44.5 Å². The average molecular weight is 668 g/mol. The second kappa shape index (κ2) is 14.9. The summed E-state index contributed by atoms with van der Waals surface area (Å²) < 4.78 is 0. The fraction of sp³-hybridized carbons (Fsp3) is 0.0612. The van der Waals surface area contributed by atoms with Crippen molar-refractivity contribution < 1.29 is 0 Å². The number of rotatable bonds is 10. The van der Waals surface area contributed by atoms with Crippen molar-refractivity contribution in [3.8, 4) is 45.5 Å². The molecule has 6 aromatic carbocycles. The molecule has 3 heteroatoms. The van der Waals surface area contributed by atoms with Gasteiger partial charge < -0.3 is 5.73 Å². The topological polar surface area (TPSA) is 73.6 Å². The van der Waals surface area contributed by atoms with Gasteiger partial charge in [0.05, 0.1) is 30.4 Å². The summed E-state index contributed by atoms with van der Waals surface area (Å²) in [6, 6.07) is 56.8. The SMILES string of the molecule is C=C/C(=C\CC#N)c1ccc(-c2ccc3c(c2)-c2cc(-c4ccc(C(/C=C\N)=C/CC#N)cc4)ccc2C3(c2ccccc2)c2ccccc2)cc1. The fourth-order valence-electron chi connectivity index (χ4n) is 7.58. The number of nitrogens with zero attached hydrogens (tertiary/aromatic N) is 2. The minimum atomic E-state index is -0.503. The first kappa shape index (κ1) is 33.6. The number of hydrogen-bond acceptors (Lipinski definition) is 3. The second-order valence-corrected chi connectivity index (χ2v) is 12.8. The highest BCUT2D eigenvalue weighted by molar-refractivity contribution is 5.91. The van der Waals surface area contributed by atoms with Gasteiger partial charge in [-0.1, -0.05) is 158 Å². The Bertz CT molecular complexity index is 2380. The van der Waals surface area contributed by atoms with Gasteiger partial charge in [-0.15, -0.1) is 0 Å². The zero-order valence-electron chi connectivity index (χ0n) is 28.8. The van der Waals surface area contributed by atoms with Crippen LogP contribution in [0.25, 0.3) is 44.5 Å². The van der Waals surface area contributed by atoms with E-state index in [9.17, 15) is 0 Å². The minimum Gasteiger partial charge on any atom is -0.405 e. The van der Waals surface area contributed by atoms with Gasteiger partial charge in [-0.25, -0.2) is 0 Å². The van der Waals surface area contributed by atoms with Gasteiger partial charge >= 0.3 is 0 Å². The normalized spacial score (nSPS) is 13.2. The van der Waals surface area contributed by atoms with Gasteiger partial charge in [-0.2, -0.15) is 10.5 Å².